The van der Waals surface area contributed by atoms with E-state index in [0.29, 0.717) is 22.8 Å². The molecule has 0 bridgehead atoms. The number of pyridine rings is 1. The van der Waals surface area contributed by atoms with E-state index in [4.69, 9.17) is 4.74 Å². The molecule has 1 atom stereocenters. The Morgan fingerprint density at radius 2 is 1.81 bits per heavy atom. The second-order valence-corrected chi connectivity index (χ2v) is 8.15. The molecule has 3 aromatic rings. The zero-order chi connectivity index (χ0) is 22.2. The molecule has 0 aliphatic carbocycles. The van der Waals surface area contributed by atoms with Crippen molar-refractivity contribution < 1.29 is 27.5 Å². The first-order valence-electron chi connectivity index (χ1n) is 9.38. The second kappa shape index (κ2) is 7.97. The summed E-state index contributed by atoms with van der Waals surface area (Å²) in [5.74, 6) is -0.594. The Balaban J connectivity index is 1.66. The predicted octanol–water partition coefficient (Wildman–Crippen LogP) is 4.99. The maximum absolute atomic E-state index is 13.3. The van der Waals surface area contributed by atoms with E-state index in [2.05, 4.69) is 4.98 Å². The minimum Gasteiger partial charge on any atom is -0.351 e. The molecule has 1 aliphatic rings. The summed E-state index contributed by atoms with van der Waals surface area (Å²) in [6, 6.07) is 14.2. The van der Waals surface area contributed by atoms with E-state index in [9.17, 15) is 22.8 Å². The van der Waals surface area contributed by atoms with Crippen LogP contribution in [-0.4, -0.2) is 34.7 Å². The molecular weight excluding hydrogens is 429 g/mol. The van der Waals surface area contributed by atoms with Crippen LogP contribution in [0.2, 0.25) is 0 Å². The van der Waals surface area contributed by atoms with Crippen molar-refractivity contribution in [3.05, 3.63) is 77.5 Å². The van der Waals surface area contributed by atoms with Crippen LogP contribution in [0.15, 0.2) is 60.8 Å². The van der Waals surface area contributed by atoms with E-state index in [1.165, 1.54) is 31.4 Å². The first kappa shape index (κ1) is 21.3. The normalized spacial score (nSPS) is 19.4. The van der Waals surface area contributed by atoms with Crippen molar-refractivity contribution in [2.75, 3.05) is 13.7 Å². The Morgan fingerprint density at radius 1 is 1.10 bits per heavy atom. The van der Waals surface area contributed by atoms with Gasteiger partial charge in [-0.05, 0) is 41.9 Å². The van der Waals surface area contributed by atoms with Gasteiger partial charge in [-0.1, -0.05) is 36.4 Å². The summed E-state index contributed by atoms with van der Waals surface area (Å²) in [5, 5.41) is 0.245. The van der Waals surface area contributed by atoms with Crippen LogP contribution in [-0.2, 0) is 27.1 Å². The molecule has 1 aromatic heterocycles. The highest BCUT2D eigenvalue weighted by molar-refractivity contribution is 8.15. The number of para-hydroxylation sites is 1. The third-order valence-electron chi connectivity index (χ3n) is 5.06. The van der Waals surface area contributed by atoms with Gasteiger partial charge in [-0.3, -0.25) is 19.5 Å². The Bertz CT molecular complexity index is 1170. The van der Waals surface area contributed by atoms with E-state index < -0.39 is 27.8 Å². The maximum atomic E-state index is 13.3. The van der Waals surface area contributed by atoms with E-state index >= 15 is 0 Å². The van der Waals surface area contributed by atoms with Crippen LogP contribution in [0.3, 0.4) is 0 Å². The monoisotopic (exact) mass is 446 g/mol. The first-order chi connectivity index (χ1) is 14.7. The molecule has 1 fully saturated rings. The number of hydrogen-bond donors (Lipinski definition) is 0. The molecule has 1 aliphatic heterocycles. The van der Waals surface area contributed by atoms with Gasteiger partial charge in [0.05, 0.1) is 17.7 Å². The van der Waals surface area contributed by atoms with Crippen molar-refractivity contribution in [1.29, 1.82) is 0 Å². The highest BCUT2D eigenvalue weighted by Crippen LogP contribution is 2.46. The van der Waals surface area contributed by atoms with E-state index in [0.717, 1.165) is 16.4 Å². The third kappa shape index (κ3) is 3.90. The summed E-state index contributed by atoms with van der Waals surface area (Å²) >= 11 is 0.689. The van der Waals surface area contributed by atoms with Crippen LogP contribution >= 0.6 is 11.8 Å². The number of amides is 2. The Labute approximate surface area is 180 Å². The molecule has 5 nitrogen and oxygen atoms in total. The van der Waals surface area contributed by atoms with Gasteiger partial charge in [0, 0.05) is 24.2 Å². The number of carbonyl (C=O) groups excluding carboxylic acids is 2. The van der Waals surface area contributed by atoms with Gasteiger partial charge in [0.2, 0.25) is 4.93 Å². The fourth-order valence-electron chi connectivity index (χ4n) is 3.47. The molecule has 9 heteroatoms. The quantitative estimate of drug-likeness (QED) is 0.553. The zero-order valence-corrected chi connectivity index (χ0v) is 17.2. The van der Waals surface area contributed by atoms with Gasteiger partial charge in [-0.2, -0.15) is 13.2 Å². The molecule has 31 heavy (non-hydrogen) atoms. The molecule has 0 radical (unpaired) electrons. The predicted molar refractivity (Wildman–Crippen MR) is 110 cm³/mol. The lowest BCUT2D eigenvalue weighted by Crippen LogP contribution is -2.38. The van der Waals surface area contributed by atoms with Gasteiger partial charge in [0.1, 0.15) is 0 Å². The number of imide groups is 1. The van der Waals surface area contributed by atoms with Crippen molar-refractivity contribution in [3.63, 3.8) is 0 Å². The van der Waals surface area contributed by atoms with E-state index in [1.807, 2.05) is 24.3 Å². The number of alkyl halides is 3. The highest BCUT2D eigenvalue weighted by atomic mass is 32.2. The largest absolute Gasteiger partial charge is 0.416 e. The summed E-state index contributed by atoms with van der Waals surface area (Å²) in [4.78, 5) is 28.9. The van der Waals surface area contributed by atoms with Gasteiger partial charge in [-0.25, -0.2) is 0 Å². The molecule has 4 rings (SSSR count). The molecule has 2 heterocycles. The molecule has 1 unspecified atom stereocenters. The number of likely N-dealkylation sites (N-methyl/N-ethyl adjacent to an activating group) is 1. The summed E-state index contributed by atoms with van der Waals surface area (Å²) in [7, 11) is 1.34. The number of thioether (sulfide) groups is 1. The van der Waals surface area contributed by atoms with Crippen LogP contribution in [0.4, 0.5) is 18.0 Å². The lowest BCUT2D eigenvalue weighted by Gasteiger charge is -2.26. The van der Waals surface area contributed by atoms with Crippen molar-refractivity contribution in [1.82, 2.24) is 9.88 Å². The van der Waals surface area contributed by atoms with Crippen LogP contribution < -0.4 is 0 Å². The average molecular weight is 446 g/mol. The molecular formula is C22H17F3N2O3S. The summed E-state index contributed by atoms with van der Waals surface area (Å²) < 4.78 is 45.7. The van der Waals surface area contributed by atoms with Crippen LogP contribution in [0.5, 0.6) is 0 Å². The SMILES string of the molecule is CN1C(=O)SC(OCCc2ccccc2C(F)(F)F)(c2cnc3ccccc3c2)C1=O. The number of halogens is 3. The first-order valence-corrected chi connectivity index (χ1v) is 10.2. The number of fused-ring (bicyclic) bond motifs is 1. The minimum absolute atomic E-state index is 0.0527. The standard InChI is InChI=1S/C22H17F3N2O3S/c1-27-19(28)21(31-20(27)29,16-12-15-7-3-5-9-18(15)26-13-16)30-11-10-14-6-2-4-8-17(14)22(23,24)25/h2-9,12-13H,10-11H2,1H3. The number of ether oxygens (including phenoxy) is 1. The van der Waals surface area contributed by atoms with Crippen LogP contribution in [0.1, 0.15) is 16.7 Å². The van der Waals surface area contributed by atoms with E-state index in [-0.39, 0.29) is 18.6 Å². The van der Waals surface area contributed by atoms with Crippen LogP contribution in [0.25, 0.3) is 10.9 Å². The van der Waals surface area contributed by atoms with E-state index in [1.54, 1.807) is 6.07 Å². The molecule has 0 N–H and O–H groups in total. The van der Waals surface area contributed by atoms with Gasteiger partial charge in [0.15, 0.2) is 0 Å². The number of carbonyl (C=O) groups is 2. The van der Waals surface area contributed by atoms with Gasteiger partial charge < -0.3 is 4.74 Å². The summed E-state index contributed by atoms with van der Waals surface area (Å²) in [6.45, 7) is -0.195. The Hall–Kier alpha value is -2.91. The van der Waals surface area contributed by atoms with Crippen molar-refractivity contribution >= 4 is 33.8 Å². The van der Waals surface area contributed by atoms with Crippen molar-refractivity contribution in [3.8, 4) is 0 Å². The summed E-state index contributed by atoms with van der Waals surface area (Å²) in [6.07, 6.45) is -3.11. The van der Waals surface area contributed by atoms with Crippen molar-refractivity contribution in [2.24, 2.45) is 0 Å². The number of rotatable bonds is 5. The second-order valence-electron chi connectivity index (χ2n) is 7.02. The topological polar surface area (TPSA) is 59.5 Å². The fraction of sp³-hybridized carbons (Fsp3) is 0.227. The van der Waals surface area contributed by atoms with Gasteiger partial charge in [-0.15, -0.1) is 0 Å². The number of hydrogen-bond acceptors (Lipinski definition) is 5. The lowest BCUT2D eigenvalue weighted by atomic mass is 10.0. The third-order valence-corrected chi connectivity index (χ3v) is 6.33. The summed E-state index contributed by atoms with van der Waals surface area (Å²) in [5.41, 5.74) is 0.370. The molecule has 2 aromatic carbocycles. The number of aromatic nitrogens is 1. The van der Waals surface area contributed by atoms with Gasteiger partial charge in [0.25, 0.3) is 11.1 Å². The van der Waals surface area contributed by atoms with Gasteiger partial charge >= 0.3 is 6.18 Å². The Kier molecular flexibility index (Phi) is 5.49. The smallest absolute Gasteiger partial charge is 0.351 e. The van der Waals surface area contributed by atoms with Crippen LogP contribution in [0, 0.1) is 0 Å². The lowest BCUT2D eigenvalue weighted by molar-refractivity contribution is -0.143. The molecule has 1 saturated heterocycles. The van der Waals surface area contributed by atoms with Crippen molar-refractivity contribution in [2.45, 2.75) is 17.5 Å². The fourth-order valence-corrected chi connectivity index (χ4v) is 4.53. The highest BCUT2D eigenvalue weighted by Gasteiger charge is 2.54. The Morgan fingerprint density at radius 3 is 2.52 bits per heavy atom. The number of nitrogens with zero attached hydrogens (tertiary/aromatic N) is 2. The maximum Gasteiger partial charge on any atom is 0.416 e. The molecule has 2 amide bonds. The zero-order valence-electron chi connectivity index (χ0n) is 16.3. The minimum atomic E-state index is -4.50. The average Bonchev–Trinajstić information content (AvgIpc) is 2.97. The molecule has 0 spiro atoms. The number of benzene rings is 2. The molecule has 0 saturated carbocycles. The molecule has 160 valence electrons.